The lowest BCUT2D eigenvalue weighted by atomic mass is 10.2. The zero-order valence-corrected chi connectivity index (χ0v) is 7.17. The maximum atomic E-state index is 11.6. The van der Waals surface area contributed by atoms with Crippen LogP contribution in [0.3, 0.4) is 0 Å². The molecule has 0 aromatic carbocycles. The molecular formula is C8H9N3O2. The van der Waals surface area contributed by atoms with Gasteiger partial charge in [-0.1, -0.05) is 12.1 Å². The smallest absolute Gasteiger partial charge is 0.258 e. The van der Waals surface area contributed by atoms with Crippen molar-refractivity contribution in [2.24, 2.45) is 4.99 Å². The molecule has 0 saturated heterocycles. The first-order valence-electron chi connectivity index (χ1n) is 4.09. The van der Waals surface area contributed by atoms with Crippen LogP contribution in [0.5, 0.6) is 0 Å². The van der Waals surface area contributed by atoms with Crippen LogP contribution >= 0.6 is 0 Å². The van der Waals surface area contributed by atoms with Crippen LogP contribution in [0.2, 0.25) is 0 Å². The summed E-state index contributed by atoms with van der Waals surface area (Å²) in [5, 5.41) is 3.66. The van der Waals surface area contributed by atoms with Crippen molar-refractivity contribution in [3.63, 3.8) is 0 Å². The first-order valence-corrected chi connectivity index (χ1v) is 4.09. The zero-order valence-electron chi connectivity index (χ0n) is 7.17. The van der Waals surface area contributed by atoms with E-state index in [1.165, 1.54) is 17.5 Å². The normalized spacial score (nSPS) is 21.5. The Morgan fingerprint density at radius 2 is 2.54 bits per heavy atom. The molecule has 0 saturated carbocycles. The predicted molar refractivity (Wildman–Crippen MR) is 46.6 cm³/mol. The molecule has 2 heterocycles. The lowest BCUT2D eigenvalue weighted by Crippen LogP contribution is -2.30. The van der Waals surface area contributed by atoms with Gasteiger partial charge in [-0.2, -0.15) is 0 Å². The van der Waals surface area contributed by atoms with Gasteiger partial charge in [0.05, 0.1) is 6.34 Å². The lowest BCUT2D eigenvalue weighted by Gasteiger charge is -2.08. The van der Waals surface area contributed by atoms with Gasteiger partial charge < -0.3 is 4.52 Å². The van der Waals surface area contributed by atoms with Crippen molar-refractivity contribution in [2.75, 3.05) is 4.90 Å². The number of anilines is 1. The first-order chi connectivity index (χ1) is 6.33. The molecule has 1 aliphatic heterocycles. The number of carbonyl (C=O) groups excluding carboxylic acids is 1. The average molecular weight is 179 g/mol. The number of rotatable bonds is 2. The highest BCUT2D eigenvalue weighted by Gasteiger charge is 2.28. The molecule has 13 heavy (non-hydrogen) atoms. The number of hydrogen-bond donors (Lipinski definition) is 0. The van der Waals surface area contributed by atoms with Gasteiger partial charge >= 0.3 is 0 Å². The van der Waals surface area contributed by atoms with E-state index >= 15 is 0 Å². The molecule has 5 heteroatoms. The minimum Gasteiger partial charge on any atom is -0.363 e. The molecule has 1 aromatic rings. The lowest BCUT2D eigenvalue weighted by molar-refractivity contribution is -0.118. The van der Waals surface area contributed by atoms with E-state index < -0.39 is 0 Å². The van der Waals surface area contributed by atoms with Gasteiger partial charge in [-0.3, -0.25) is 14.7 Å². The van der Waals surface area contributed by atoms with Crippen LogP contribution in [0.15, 0.2) is 21.8 Å². The zero-order chi connectivity index (χ0) is 9.26. The molecule has 0 aliphatic carbocycles. The molecule has 1 aliphatic rings. The Hall–Kier alpha value is -1.65. The van der Waals surface area contributed by atoms with Gasteiger partial charge in [0.25, 0.3) is 5.91 Å². The fraction of sp³-hybridized carbons (Fsp3) is 0.375. The van der Waals surface area contributed by atoms with Crippen LogP contribution < -0.4 is 4.90 Å². The Balaban J connectivity index is 2.21. The van der Waals surface area contributed by atoms with Gasteiger partial charge in [0.1, 0.15) is 12.3 Å². The SMILES string of the molecule is CCC1N=CN(c2ccon2)C1=O. The van der Waals surface area contributed by atoms with E-state index in [0.29, 0.717) is 12.2 Å². The van der Waals surface area contributed by atoms with E-state index in [4.69, 9.17) is 0 Å². The summed E-state index contributed by atoms with van der Waals surface area (Å²) in [4.78, 5) is 17.0. The highest BCUT2D eigenvalue weighted by atomic mass is 16.5. The largest absolute Gasteiger partial charge is 0.363 e. The number of aliphatic imine (C=N–C) groups is 1. The Labute approximate surface area is 75.0 Å². The first kappa shape index (κ1) is 7.97. The third-order valence-corrected chi connectivity index (χ3v) is 1.94. The van der Waals surface area contributed by atoms with Gasteiger partial charge in [-0.05, 0) is 6.42 Å². The average Bonchev–Trinajstić information content (AvgIpc) is 2.72. The monoisotopic (exact) mass is 179 g/mol. The second kappa shape index (κ2) is 3.01. The fourth-order valence-electron chi connectivity index (χ4n) is 1.21. The quantitative estimate of drug-likeness (QED) is 0.675. The summed E-state index contributed by atoms with van der Waals surface area (Å²) in [6, 6.07) is 1.37. The van der Waals surface area contributed by atoms with E-state index in [0.717, 1.165) is 0 Å². The van der Waals surface area contributed by atoms with Gasteiger partial charge in [-0.25, -0.2) is 0 Å². The Morgan fingerprint density at radius 1 is 1.69 bits per heavy atom. The van der Waals surface area contributed by atoms with E-state index in [1.54, 1.807) is 6.07 Å². The Morgan fingerprint density at radius 3 is 3.08 bits per heavy atom. The molecule has 0 spiro atoms. The van der Waals surface area contributed by atoms with Crippen molar-refractivity contribution in [2.45, 2.75) is 19.4 Å². The molecule has 1 aromatic heterocycles. The van der Waals surface area contributed by atoms with Crippen LogP contribution in [0.1, 0.15) is 13.3 Å². The minimum atomic E-state index is -0.253. The second-order valence-electron chi connectivity index (χ2n) is 2.75. The summed E-state index contributed by atoms with van der Waals surface area (Å²) in [6.07, 6.45) is 3.63. The number of amides is 1. The molecule has 1 unspecified atom stereocenters. The summed E-state index contributed by atoms with van der Waals surface area (Å²) < 4.78 is 4.64. The van der Waals surface area contributed by atoms with Crippen LogP contribution in [0.25, 0.3) is 0 Å². The molecule has 5 nitrogen and oxygen atoms in total. The molecule has 1 atom stereocenters. The van der Waals surface area contributed by atoms with Crippen LogP contribution in [-0.4, -0.2) is 23.4 Å². The Bertz CT molecular complexity index is 331. The summed E-state index contributed by atoms with van der Waals surface area (Å²) >= 11 is 0. The van der Waals surface area contributed by atoms with Crippen LogP contribution in [0, 0.1) is 0 Å². The summed E-state index contributed by atoms with van der Waals surface area (Å²) in [6.45, 7) is 1.92. The number of carbonyl (C=O) groups is 1. The van der Waals surface area contributed by atoms with Crippen molar-refractivity contribution in [3.05, 3.63) is 12.3 Å². The van der Waals surface area contributed by atoms with Gasteiger partial charge in [0, 0.05) is 6.07 Å². The molecule has 0 N–H and O–H groups in total. The maximum absolute atomic E-state index is 11.6. The fourth-order valence-corrected chi connectivity index (χ4v) is 1.21. The van der Waals surface area contributed by atoms with Gasteiger partial charge in [0.2, 0.25) is 0 Å². The minimum absolute atomic E-state index is 0.0450. The summed E-state index contributed by atoms with van der Waals surface area (Å²) in [5.74, 6) is 0.445. The number of aromatic nitrogens is 1. The van der Waals surface area contributed by atoms with E-state index in [1.807, 2.05) is 6.92 Å². The molecule has 0 radical (unpaired) electrons. The summed E-state index contributed by atoms with van der Waals surface area (Å²) in [7, 11) is 0. The van der Waals surface area contributed by atoms with Crippen molar-refractivity contribution >= 4 is 18.1 Å². The number of hydrogen-bond acceptors (Lipinski definition) is 4. The van der Waals surface area contributed by atoms with Gasteiger partial charge in [0.15, 0.2) is 5.82 Å². The van der Waals surface area contributed by atoms with Crippen molar-refractivity contribution in [1.82, 2.24) is 5.16 Å². The molecule has 0 bridgehead atoms. The molecule has 68 valence electrons. The molecule has 0 fully saturated rings. The maximum Gasteiger partial charge on any atom is 0.258 e. The van der Waals surface area contributed by atoms with Crippen LogP contribution in [-0.2, 0) is 4.79 Å². The molecular weight excluding hydrogens is 170 g/mol. The van der Waals surface area contributed by atoms with E-state index in [-0.39, 0.29) is 11.9 Å². The molecule has 2 rings (SSSR count). The van der Waals surface area contributed by atoms with E-state index in [9.17, 15) is 4.79 Å². The van der Waals surface area contributed by atoms with Crippen molar-refractivity contribution < 1.29 is 9.32 Å². The Kier molecular flexibility index (Phi) is 1.84. The van der Waals surface area contributed by atoms with Crippen molar-refractivity contribution in [3.8, 4) is 0 Å². The van der Waals surface area contributed by atoms with Gasteiger partial charge in [-0.15, -0.1) is 0 Å². The topological polar surface area (TPSA) is 58.7 Å². The third kappa shape index (κ3) is 1.22. The molecule has 1 amide bonds. The van der Waals surface area contributed by atoms with Crippen LogP contribution in [0.4, 0.5) is 5.82 Å². The third-order valence-electron chi connectivity index (χ3n) is 1.94. The summed E-state index contributed by atoms with van der Waals surface area (Å²) in [5.41, 5.74) is 0. The predicted octanol–water partition coefficient (Wildman–Crippen LogP) is 0.828. The van der Waals surface area contributed by atoms with Crippen molar-refractivity contribution in [1.29, 1.82) is 0 Å². The standard InChI is InChI=1S/C8H9N3O2/c1-2-6-8(12)11(5-9-6)7-3-4-13-10-7/h3-6H,2H2,1H3. The highest BCUT2D eigenvalue weighted by Crippen LogP contribution is 2.16. The van der Waals surface area contributed by atoms with E-state index in [2.05, 4.69) is 14.7 Å². The number of nitrogens with zero attached hydrogens (tertiary/aromatic N) is 3. The second-order valence-corrected chi connectivity index (χ2v) is 2.75. The highest BCUT2D eigenvalue weighted by molar-refractivity contribution is 6.13.